The van der Waals surface area contributed by atoms with Gasteiger partial charge in [0.15, 0.2) is 0 Å². The van der Waals surface area contributed by atoms with Crippen LogP contribution in [0.3, 0.4) is 0 Å². The molecule has 0 amide bonds. The van der Waals surface area contributed by atoms with E-state index in [1.165, 1.54) is 0 Å². The molecule has 0 saturated carbocycles. The van der Waals surface area contributed by atoms with Crippen LogP contribution in [0.1, 0.15) is 33.2 Å². The molecular formula is C12H18N6O2. The summed E-state index contributed by atoms with van der Waals surface area (Å²) in [5.41, 5.74) is 0.328. The Morgan fingerprint density at radius 1 is 1.45 bits per heavy atom. The van der Waals surface area contributed by atoms with Crippen LogP contribution in [0.5, 0.6) is 0 Å². The van der Waals surface area contributed by atoms with Gasteiger partial charge in [-0.25, -0.2) is 4.68 Å². The molecule has 2 aromatic heterocycles. The van der Waals surface area contributed by atoms with Gasteiger partial charge in [0.25, 0.3) is 0 Å². The van der Waals surface area contributed by atoms with Gasteiger partial charge < -0.3 is 5.11 Å². The second-order valence-corrected chi connectivity index (χ2v) is 5.80. The van der Waals surface area contributed by atoms with Crippen LogP contribution >= 0.6 is 0 Å². The molecule has 0 aromatic carbocycles. The summed E-state index contributed by atoms with van der Waals surface area (Å²) in [5, 5.41) is 25.0. The zero-order chi connectivity index (χ0) is 14.9. The highest BCUT2D eigenvalue weighted by atomic mass is 16.4. The zero-order valence-corrected chi connectivity index (χ0v) is 12.0. The molecule has 8 heteroatoms. The first-order chi connectivity index (χ1) is 9.29. The first kappa shape index (κ1) is 14.2. The highest BCUT2D eigenvalue weighted by molar-refractivity contribution is 5.67. The Morgan fingerprint density at radius 3 is 2.65 bits per heavy atom. The lowest BCUT2D eigenvalue weighted by atomic mass is 9.85. The molecule has 108 valence electrons. The number of rotatable bonds is 4. The molecule has 8 nitrogen and oxygen atoms in total. The van der Waals surface area contributed by atoms with E-state index in [0.717, 1.165) is 0 Å². The molecule has 0 fully saturated rings. The van der Waals surface area contributed by atoms with Crippen molar-refractivity contribution in [3.05, 3.63) is 12.3 Å². The second-order valence-electron chi connectivity index (χ2n) is 5.80. The quantitative estimate of drug-likeness (QED) is 0.900. The Kier molecular flexibility index (Phi) is 3.56. The van der Waals surface area contributed by atoms with Gasteiger partial charge in [-0.15, -0.1) is 5.10 Å². The minimum absolute atomic E-state index is 0.0472. The molecule has 1 unspecified atom stereocenters. The maximum Gasteiger partial charge on any atom is 0.305 e. The van der Waals surface area contributed by atoms with Crippen LogP contribution in [-0.2, 0) is 11.8 Å². The predicted octanol–water partition coefficient (Wildman–Crippen LogP) is 1.14. The van der Waals surface area contributed by atoms with Crippen molar-refractivity contribution >= 4 is 5.97 Å². The van der Waals surface area contributed by atoms with Crippen LogP contribution in [0.15, 0.2) is 12.3 Å². The van der Waals surface area contributed by atoms with Gasteiger partial charge >= 0.3 is 5.97 Å². The van der Waals surface area contributed by atoms with Crippen LogP contribution < -0.4 is 0 Å². The highest BCUT2D eigenvalue weighted by Gasteiger charge is 2.32. The minimum atomic E-state index is -0.882. The Morgan fingerprint density at radius 2 is 2.15 bits per heavy atom. The molecule has 0 radical (unpaired) electrons. The largest absolute Gasteiger partial charge is 0.481 e. The van der Waals surface area contributed by atoms with Crippen LogP contribution in [-0.4, -0.2) is 41.1 Å². The molecule has 0 saturated heterocycles. The highest BCUT2D eigenvalue weighted by Crippen LogP contribution is 2.34. The molecule has 20 heavy (non-hydrogen) atoms. The lowest BCUT2D eigenvalue weighted by Gasteiger charge is -2.29. The number of nitrogens with zero attached hydrogens (tertiary/aromatic N) is 6. The lowest BCUT2D eigenvalue weighted by Crippen LogP contribution is -2.28. The summed E-state index contributed by atoms with van der Waals surface area (Å²) in [6, 6.07) is 1.44. The van der Waals surface area contributed by atoms with Crippen LogP contribution in [0.4, 0.5) is 0 Å². The molecule has 0 spiro atoms. The maximum atomic E-state index is 11.1. The summed E-state index contributed by atoms with van der Waals surface area (Å²) in [6.07, 6.45) is 1.74. The van der Waals surface area contributed by atoms with Crippen molar-refractivity contribution in [1.29, 1.82) is 0 Å². The fourth-order valence-corrected chi connectivity index (χ4v) is 2.03. The standard InChI is InChI=1S/C12H18N6O2/c1-12(2,3)9(7-10(19)20)18-11(13-15-16-18)8-5-6-17(4)14-8/h5-6,9H,7H2,1-4H3,(H,19,20). The SMILES string of the molecule is Cn1ccc(-c2nnnn2C(CC(=O)O)C(C)(C)C)n1. The van der Waals surface area contributed by atoms with Gasteiger partial charge in [-0.2, -0.15) is 5.10 Å². The van der Waals surface area contributed by atoms with Gasteiger partial charge in [0, 0.05) is 13.2 Å². The van der Waals surface area contributed by atoms with Gasteiger partial charge in [0.1, 0.15) is 5.69 Å². The van der Waals surface area contributed by atoms with Crippen molar-refractivity contribution in [3.63, 3.8) is 0 Å². The van der Waals surface area contributed by atoms with Crippen molar-refractivity contribution in [3.8, 4) is 11.5 Å². The lowest BCUT2D eigenvalue weighted by molar-refractivity contribution is -0.138. The maximum absolute atomic E-state index is 11.1. The molecule has 0 aliphatic rings. The van der Waals surface area contributed by atoms with Gasteiger partial charge in [-0.1, -0.05) is 20.8 Å². The van der Waals surface area contributed by atoms with Gasteiger partial charge in [-0.05, 0) is 21.9 Å². The van der Waals surface area contributed by atoms with Crippen LogP contribution in [0, 0.1) is 5.41 Å². The number of aromatic nitrogens is 6. The topological polar surface area (TPSA) is 98.7 Å². The molecule has 2 rings (SSSR count). The summed E-state index contributed by atoms with van der Waals surface area (Å²) in [5.74, 6) is -0.404. The van der Waals surface area contributed by atoms with E-state index >= 15 is 0 Å². The van der Waals surface area contributed by atoms with E-state index in [-0.39, 0.29) is 17.9 Å². The predicted molar refractivity (Wildman–Crippen MR) is 70.8 cm³/mol. The van der Waals surface area contributed by atoms with E-state index in [1.54, 1.807) is 28.7 Å². The molecule has 2 aromatic rings. The minimum Gasteiger partial charge on any atom is -0.481 e. The van der Waals surface area contributed by atoms with E-state index in [0.29, 0.717) is 11.5 Å². The molecule has 0 aliphatic carbocycles. The summed E-state index contributed by atoms with van der Waals surface area (Å²) in [6.45, 7) is 5.89. The van der Waals surface area contributed by atoms with Crippen molar-refractivity contribution in [2.24, 2.45) is 12.5 Å². The summed E-state index contributed by atoms with van der Waals surface area (Å²) >= 11 is 0. The van der Waals surface area contributed by atoms with E-state index in [4.69, 9.17) is 5.11 Å². The third kappa shape index (κ3) is 2.84. The number of carbonyl (C=O) groups is 1. The molecule has 1 atom stereocenters. The summed E-state index contributed by atoms with van der Waals surface area (Å²) in [7, 11) is 1.80. The Labute approximate surface area is 116 Å². The monoisotopic (exact) mass is 278 g/mol. The summed E-state index contributed by atoms with van der Waals surface area (Å²) in [4.78, 5) is 11.1. The molecule has 1 N–H and O–H groups in total. The third-order valence-corrected chi connectivity index (χ3v) is 3.10. The van der Waals surface area contributed by atoms with Crippen molar-refractivity contribution < 1.29 is 9.90 Å². The number of aryl methyl sites for hydroxylation is 1. The Bertz CT molecular complexity index is 609. The van der Waals surface area contributed by atoms with Gasteiger partial charge in [0.05, 0.1) is 12.5 Å². The van der Waals surface area contributed by atoms with E-state index in [2.05, 4.69) is 20.6 Å². The zero-order valence-electron chi connectivity index (χ0n) is 12.0. The molecule has 0 aliphatic heterocycles. The number of aliphatic carboxylic acids is 1. The Balaban J connectivity index is 2.45. The first-order valence-corrected chi connectivity index (χ1v) is 6.28. The average Bonchev–Trinajstić information content (AvgIpc) is 2.92. The van der Waals surface area contributed by atoms with Crippen LogP contribution in [0.2, 0.25) is 0 Å². The fraction of sp³-hybridized carbons (Fsp3) is 0.583. The average molecular weight is 278 g/mol. The number of hydrogen-bond acceptors (Lipinski definition) is 5. The third-order valence-electron chi connectivity index (χ3n) is 3.10. The smallest absolute Gasteiger partial charge is 0.305 e. The molecular weight excluding hydrogens is 260 g/mol. The first-order valence-electron chi connectivity index (χ1n) is 6.28. The summed E-state index contributed by atoms with van der Waals surface area (Å²) < 4.78 is 3.20. The normalized spacial score (nSPS) is 13.4. The van der Waals surface area contributed by atoms with Crippen LogP contribution in [0.25, 0.3) is 11.5 Å². The molecule has 0 bridgehead atoms. The van der Waals surface area contributed by atoms with E-state index < -0.39 is 5.97 Å². The number of tetrazole rings is 1. The van der Waals surface area contributed by atoms with E-state index in [9.17, 15) is 4.79 Å². The van der Waals surface area contributed by atoms with Gasteiger partial charge in [-0.3, -0.25) is 9.48 Å². The fourth-order valence-electron chi connectivity index (χ4n) is 2.03. The van der Waals surface area contributed by atoms with Crippen molar-refractivity contribution in [2.45, 2.75) is 33.2 Å². The van der Waals surface area contributed by atoms with Crippen molar-refractivity contribution in [2.75, 3.05) is 0 Å². The van der Waals surface area contributed by atoms with Gasteiger partial charge in [0.2, 0.25) is 5.82 Å². The second kappa shape index (κ2) is 5.03. The molecule has 2 heterocycles. The van der Waals surface area contributed by atoms with Crippen molar-refractivity contribution in [1.82, 2.24) is 30.0 Å². The number of carboxylic acid groups (broad SMARTS) is 1. The number of carboxylic acids is 1. The number of hydrogen-bond donors (Lipinski definition) is 1. The van der Waals surface area contributed by atoms with E-state index in [1.807, 2.05) is 20.8 Å². The Hall–Kier alpha value is -2.25.